The second kappa shape index (κ2) is 5.28. The Morgan fingerprint density at radius 2 is 1.77 bits per heavy atom. The van der Waals surface area contributed by atoms with E-state index >= 15 is 0 Å². The molecule has 0 aromatic heterocycles. The minimum Gasteiger partial charge on any atom is -0.375 e. The molecule has 0 bridgehead atoms. The van der Waals surface area contributed by atoms with E-state index in [-0.39, 0.29) is 0 Å². The first-order valence-electron chi connectivity index (χ1n) is 5.14. The fraction of sp³-hybridized carbons (Fsp3) is 0.818. The summed E-state index contributed by atoms with van der Waals surface area (Å²) in [7, 11) is 2.18. The largest absolute Gasteiger partial charge is 0.375 e. The summed E-state index contributed by atoms with van der Waals surface area (Å²) in [4.78, 5) is 4.67. The molecule has 1 saturated heterocycles. The number of piperazine rings is 1. The van der Waals surface area contributed by atoms with E-state index in [0.717, 1.165) is 19.6 Å². The molecule has 0 aliphatic carbocycles. The molecule has 1 rings (SSSR count). The molecule has 1 heterocycles. The van der Waals surface area contributed by atoms with Crippen molar-refractivity contribution >= 4 is 0 Å². The number of hydrogen-bond donors (Lipinski definition) is 0. The highest BCUT2D eigenvalue weighted by Crippen LogP contribution is 2.18. The average Bonchev–Trinajstić information content (AvgIpc) is 2.13. The second-order valence-electron chi connectivity index (χ2n) is 3.89. The maximum atomic E-state index is 3.78. The maximum absolute atomic E-state index is 3.78. The lowest BCUT2D eigenvalue weighted by Gasteiger charge is -2.44. The van der Waals surface area contributed by atoms with Crippen molar-refractivity contribution < 1.29 is 0 Å². The zero-order valence-corrected chi connectivity index (χ0v) is 9.80. The SMILES string of the molecule is C=CN1CCN(C)C(C)(C)C1.CC. The average molecular weight is 184 g/mol. The van der Waals surface area contributed by atoms with E-state index in [9.17, 15) is 0 Å². The van der Waals surface area contributed by atoms with Gasteiger partial charge in [-0.05, 0) is 27.1 Å². The summed E-state index contributed by atoms with van der Waals surface area (Å²) in [6.07, 6.45) is 1.94. The van der Waals surface area contributed by atoms with Crippen molar-refractivity contribution in [3.8, 4) is 0 Å². The zero-order valence-electron chi connectivity index (χ0n) is 9.80. The summed E-state index contributed by atoms with van der Waals surface area (Å²) < 4.78 is 0. The maximum Gasteiger partial charge on any atom is 0.0352 e. The summed E-state index contributed by atoms with van der Waals surface area (Å²) in [5, 5.41) is 0. The topological polar surface area (TPSA) is 6.48 Å². The third-order valence-corrected chi connectivity index (χ3v) is 2.60. The summed E-state index contributed by atoms with van der Waals surface area (Å²) in [6, 6.07) is 0. The van der Waals surface area contributed by atoms with Crippen LogP contribution in [0.5, 0.6) is 0 Å². The van der Waals surface area contributed by atoms with Gasteiger partial charge in [-0.3, -0.25) is 4.90 Å². The Morgan fingerprint density at radius 1 is 1.23 bits per heavy atom. The Morgan fingerprint density at radius 3 is 2.15 bits per heavy atom. The highest BCUT2D eigenvalue weighted by atomic mass is 15.3. The lowest BCUT2D eigenvalue weighted by atomic mass is 10.0. The van der Waals surface area contributed by atoms with Crippen molar-refractivity contribution in [3.05, 3.63) is 12.8 Å². The third kappa shape index (κ3) is 3.39. The van der Waals surface area contributed by atoms with Gasteiger partial charge in [0.25, 0.3) is 0 Å². The number of rotatable bonds is 1. The van der Waals surface area contributed by atoms with Crippen LogP contribution in [0.2, 0.25) is 0 Å². The fourth-order valence-corrected chi connectivity index (χ4v) is 1.43. The number of nitrogens with zero attached hydrogens (tertiary/aromatic N) is 2. The van der Waals surface area contributed by atoms with Crippen LogP contribution >= 0.6 is 0 Å². The van der Waals surface area contributed by atoms with Gasteiger partial charge in [-0.2, -0.15) is 0 Å². The Bertz CT molecular complexity index is 152. The van der Waals surface area contributed by atoms with Gasteiger partial charge in [-0.15, -0.1) is 0 Å². The molecule has 1 aliphatic rings. The molecule has 0 unspecified atom stereocenters. The van der Waals surface area contributed by atoms with E-state index in [1.807, 2.05) is 20.0 Å². The van der Waals surface area contributed by atoms with Crippen LogP contribution in [0.4, 0.5) is 0 Å². The molecular weight excluding hydrogens is 160 g/mol. The molecule has 13 heavy (non-hydrogen) atoms. The smallest absolute Gasteiger partial charge is 0.0352 e. The summed E-state index contributed by atoms with van der Waals surface area (Å²) in [6.45, 7) is 15.7. The van der Waals surface area contributed by atoms with Gasteiger partial charge in [-0.1, -0.05) is 20.4 Å². The van der Waals surface area contributed by atoms with Gasteiger partial charge in [0, 0.05) is 25.2 Å². The monoisotopic (exact) mass is 184 g/mol. The molecule has 0 aromatic rings. The molecule has 0 aromatic carbocycles. The Kier molecular flexibility index (Phi) is 5.07. The normalized spacial score (nSPS) is 21.8. The van der Waals surface area contributed by atoms with Crippen LogP contribution in [0.1, 0.15) is 27.7 Å². The quantitative estimate of drug-likeness (QED) is 0.616. The van der Waals surface area contributed by atoms with E-state index < -0.39 is 0 Å². The minimum atomic E-state index is 0.298. The lowest BCUT2D eigenvalue weighted by Crippen LogP contribution is -2.55. The van der Waals surface area contributed by atoms with Crippen molar-refractivity contribution in [1.29, 1.82) is 0 Å². The van der Waals surface area contributed by atoms with E-state index in [0.29, 0.717) is 5.54 Å². The Labute approximate surface area is 83.2 Å². The molecule has 2 nitrogen and oxygen atoms in total. The first-order chi connectivity index (χ1) is 6.06. The Hall–Kier alpha value is -0.500. The molecule has 0 amide bonds. The molecule has 1 aliphatic heterocycles. The summed E-state index contributed by atoms with van der Waals surface area (Å²) in [5.41, 5.74) is 0.298. The van der Waals surface area contributed by atoms with E-state index in [1.165, 1.54) is 0 Å². The molecule has 78 valence electrons. The first-order valence-corrected chi connectivity index (χ1v) is 5.14. The molecule has 0 atom stereocenters. The molecule has 1 fully saturated rings. The van der Waals surface area contributed by atoms with Crippen molar-refractivity contribution in [1.82, 2.24) is 9.80 Å². The fourth-order valence-electron chi connectivity index (χ4n) is 1.43. The van der Waals surface area contributed by atoms with Crippen LogP contribution in [-0.4, -0.2) is 42.0 Å². The van der Waals surface area contributed by atoms with Crippen LogP contribution in [0.3, 0.4) is 0 Å². The van der Waals surface area contributed by atoms with Crippen molar-refractivity contribution in [2.24, 2.45) is 0 Å². The predicted molar refractivity (Wildman–Crippen MR) is 59.8 cm³/mol. The van der Waals surface area contributed by atoms with E-state index in [1.54, 1.807) is 0 Å². The molecule has 2 heteroatoms. The minimum absolute atomic E-state index is 0.298. The second-order valence-corrected chi connectivity index (χ2v) is 3.89. The van der Waals surface area contributed by atoms with E-state index in [2.05, 4.69) is 37.3 Å². The zero-order chi connectivity index (χ0) is 10.5. The highest BCUT2D eigenvalue weighted by molar-refractivity contribution is 4.91. The van der Waals surface area contributed by atoms with Gasteiger partial charge in [0.05, 0.1) is 0 Å². The van der Waals surface area contributed by atoms with Crippen molar-refractivity contribution in [2.45, 2.75) is 33.2 Å². The molecule has 0 N–H and O–H groups in total. The Balaban J connectivity index is 0.000000671. The third-order valence-electron chi connectivity index (χ3n) is 2.60. The highest BCUT2D eigenvalue weighted by Gasteiger charge is 2.29. The standard InChI is InChI=1S/C9H18N2.C2H6/c1-5-11-7-6-10(4)9(2,3)8-11;1-2/h5H,1,6-8H2,2-4H3;1-2H3. The van der Waals surface area contributed by atoms with Crippen LogP contribution < -0.4 is 0 Å². The van der Waals surface area contributed by atoms with Crippen LogP contribution in [0.25, 0.3) is 0 Å². The molecular formula is C11H24N2. The van der Waals surface area contributed by atoms with Crippen molar-refractivity contribution in [2.75, 3.05) is 26.7 Å². The lowest BCUT2D eigenvalue weighted by molar-refractivity contribution is 0.0647. The number of likely N-dealkylation sites (N-methyl/N-ethyl adjacent to an activating group) is 1. The first kappa shape index (κ1) is 12.5. The van der Waals surface area contributed by atoms with Crippen LogP contribution in [0, 0.1) is 0 Å². The summed E-state index contributed by atoms with van der Waals surface area (Å²) >= 11 is 0. The van der Waals surface area contributed by atoms with Gasteiger partial charge in [0.1, 0.15) is 0 Å². The van der Waals surface area contributed by atoms with Crippen molar-refractivity contribution in [3.63, 3.8) is 0 Å². The van der Waals surface area contributed by atoms with E-state index in [4.69, 9.17) is 0 Å². The number of hydrogen-bond acceptors (Lipinski definition) is 2. The van der Waals surface area contributed by atoms with Crippen LogP contribution in [0.15, 0.2) is 12.8 Å². The van der Waals surface area contributed by atoms with Gasteiger partial charge in [0.15, 0.2) is 0 Å². The van der Waals surface area contributed by atoms with Gasteiger partial charge >= 0.3 is 0 Å². The van der Waals surface area contributed by atoms with Crippen LogP contribution in [-0.2, 0) is 0 Å². The molecule has 0 saturated carbocycles. The van der Waals surface area contributed by atoms with Gasteiger partial charge < -0.3 is 4.90 Å². The molecule has 0 spiro atoms. The molecule has 0 radical (unpaired) electrons. The van der Waals surface area contributed by atoms with Gasteiger partial charge in [0.2, 0.25) is 0 Å². The summed E-state index contributed by atoms with van der Waals surface area (Å²) in [5.74, 6) is 0. The van der Waals surface area contributed by atoms with Gasteiger partial charge in [-0.25, -0.2) is 0 Å². The predicted octanol–water partition coefficient (Wildman–Crippen LogP) is 2.18.